The average molecular weight is 577 g/mol. The van der Waals surface area contributed by atoms with Gasteiger partial charge in [-0.15, -0.1) is 13.2 Å². The number of ether oxygens (including phenoxy) is 1. The fourth-order valence-electron chi connectivity index (χ4n) is 4.74. The van der Waals surface area contributed by atoms with Crippen LogP contribution in [0.5, 0.6) is 5.75 Å². The van der Waals surface area contributed by atoms with Gasteiger partial charge in [-0.25, -0.2) is 14.2 Å². The van der Waals surface area contributed by atoms with Gasteiger partial charge in [0.05, 0.1) is 10.5 Å². The van der Waals surface area contributed by atoms with E-state index in [2.05, 4.69) is 19.9 Å². The summed E-state index contributed by atoms with van der Waals surface area (Å²) >= 11 is 5.84. The molecule has 5 rings (SSSR count). The summed E-state index contributed by atoms with van der Waals surface area (Å²) in [4.78, 5) is 18.9. The van der Waals surface area contributed by atoms with Crippen LogP contribution in [-0.4, -0.2) is 39.9 Å². The van der Waals surface area contributed by atoms with Crippen LogP contribution in [0.15, 0.2) is 60.8 Å². The van der Waals surface area contributed by atoms with Gasteiger partial charge in [-0.1, -0.05) is 29.8 Å². The molecule has 2 aromatic heterocycles. The fourth-order valence-corrected chi connectivity index (χ4v) is 4.93. The molecular formula is C28H22ClF5N4O2. The number of hydrogen-bond acceptors (Lipinski definition) is 4. The normalized spacial score (nSPS) is 14.1. The van der Waals surface area contributed by atoms with E-state index in [1.54, 1.807) is 18.2 Å². The van der Waals surface area contributed by atoms with E-state index in [9.17, 15) is 26.7 Å². The molecule has 0 atom stereocenters. The molecule has 6 nitrogen and oxygen atoms in total. The third kappa shape index (κ3) is 6.26. The molecule has 0 spiro atoms. The number of hydrogen-bond donors (Lipinski definition) is 1. The van der Waals surface area contributed by atoms with Crippen molar-refractivity contribution in [3.63, 3.8) is 0 Å². The number of carbonyl (C=O) groups is 1. The van der Waals surface area contributed by atoms with Crippen molar-refractivity contribution in [2.24, 2.45) is 0 Å². The second-order valence-corrected chi connectivity index (χ2v) is 9.60. The van der Waals surface area contributed by atoms with E-state index >= 15 is 0 Å². The Hall–Kier alpha value is -3.96. The molecule has 0 aliphatic carbocycles. The molecule has 0 radical (unpaired) electrons. The van der Waals surface area contributed by atoms with Crippen molar-refractivity contribution in [2.45, 2.75) is 25.9 Å². The minimum absolute atomic E-state index is 0.0156. The molecule has 3 heterocycles. The Labute approximate surface area is 230 Å². The quantitative estimate of drug-likeness (QED) is 0.205. The van der Waals surface area contributed by atoms with Crippen molar-refractivity contribution in [1.29, 1.82) is 0 Å². The lowest BCUT2D eigenvalue weighted by atomic mass is 10.0. The second-order valence-electron chi connectivity index (χ2n) is 9.19. The lowest BCUT2D eigenvalue weighted by Crippen LogP contribution is -2.34. The summed E-state index contributed by atoms with van der Waals surface area (Å²) in [6.45, 7) is 1.48. The number of nitrogens with zero attached hydrogens (tertiary/aromatic N) is 3. The Morgan fingerprint density at radius 1 is 1.12 bits per heavy atom. The van der Waals surface area contributed by atoms with Gasteiger partial charge in [0.15, 0.2) is 0 Å². The van der Waals surface area contributed by atoms with Crippen molar-refractivity contribution in [1.82, 2.24) is 19.8 Å². The first-order chi connectivity index (χ1) is 19.1. The smallest absolute Gasteiger partial charge is 0.406 e. The first-order valence-corrected chi connectivity index (χ1v) is 12.6. The molecule has 1 aliphatic heterocycles. The summed E-state index contributed by atoms with van der Waals surface area (Å²) < 4.78 is 71.2. The van der Waals surface area contributed by atoms with Crippen LogP contribution in [0.1, 0.15) is 22.4 Å². The summed E-state index contributed by atoms with van der Waals surface area (Å²) in [5.74, 6) is -1.58. The summed E-state index contributed by atoms with van der Waals surface area (Å²) in [6.07, 6.45) is 0.557. The molecule has 40 heavy (non-hydrogen) atoms. The molecule has 0 fully saturated rings. The van der Waals surface area contributed by atoms with Gasteiger partial charge in [-0.05, 0) is 59.2 Å². The highest BCUT2D eigenvalue weighted by Gasteiger charge is 2.32. The van der Waals surface area contributed by atoms with Crippen LogP contribution in [0.4, 0.5) is 26.7 Å². The Bertz CT molecular complexity index is 1600. The van der Waals surface area contributed by atoms with Crippen molar-refractivity contribution in [2.75, 3.05) is 13.1 Å². The third-order valence-electron chi connectivity index (χ3n) is 6.49. The molecular weight excluding hydrogens is 555 g/mol. The van der Waals surface area contributed by atoms with E-state index in [1.165, 1.54) is 41.1 Å². The number of benzene rings is 2. The first-order valence-electron chi connectivity index (χ1n) is 12.2. The zero-order valence-corrected chi connectivity index (χ0v) is 21.6. The molecule has 1 N–H and O–H groups in total. The zero-order chi connectivity index (χ0) is 28.4. The Morgan fingerprint density at radius 3 is 2.70 bits per heavy atom. The van der Waals surface area contributed by atoms with Gasteiger partial charge in [0, 0.05) is 49.9 Å². The Balaban J connectivity index is 1.42. The zero-order valence-electron chi connectivity index (χ0n) is 20.8. The van der Waals surface area contributed by atoms with Crippen LogP contribution < -0.4 is 10.1 Å². The Morgan fingerprint density at radius 2 is 1.95 bits per heavy atom. The van der Waals surface area contributed by atoms with E-state index in [1.807, 2.05) is 6.08 Å². The van der Waals surface area contributed by atoms with E-state index in [-0.39, 0.29) is 11.6 Å². The minimum Gasteiger partial charge on any atom is -0.406 e. The van der Waals surface area contributed by atoms with Crippen LogP contribution >= 0.6 is 11.6 Å². The maximum atomic E-state index is 13.5. The molecule has 1 amide bonds. The highest BCUT2D eigenvalue weighted by molar-refractivity contribution is 6.30. The third-order valence-corrected chi connectivity index (χ3v) is 6.78. The van der Waals surface area contributed by atoms with Crippen LogP contribution in [0.3, 0.4) is 0 Å². The molecule has 0 saturated heterocycles. The number of carbonyl (C=O) groups excluding carboxylic acids is 1. The maximum Gasteiger partial charge on any atom is 0.573 e. The lowest BCUT2D eigenvalue weighted by molar-refractivity contribution is -0.274. The average Bonchev–Trinajstić information content (AvgIpc) is 3.21. The second kappa shape index (κ2) is 11.3. The first kappa shape index (κ1) is 27.6. The predicted molar refractivity (Wildman–Crippen MR) is 140 cm³/mol. The largest absolute Gasteiger partial charge is 0.573 e. The molecule has 0 unspecified atom stereocenters. The molecule has 0 saturated carbocycles. The summed E-state index contributed by atoms with van der Waals surface area (Å²) in [7, 11) is 0. The Kier molecular flexibility index (Phi) is 7.77. The van der Waals surface area contributed by atoms with Crippen LogP contribution in [0, 0.1) is 11.8 Å². The van der Waals surface area contributed by atoms with E-state index < -0.39 is 29.9 Å². The molecule has 4 aromatic rings. The molecule has 2 aromatic carbocycles. The van der Waals surface area contributed by atoms with E-state index in [0.717, 1.165) is 11.6 Å². The monoisotopic (exact) mass is 576 g/mol. The predicted octanol–water partition coefficient (Wildman–Crippen LogP) is 6.70. The summed E-state index contributed by atoms with van der Waals surface area (Å²) in [5, 5.41) is 3.23. The van der Waals surface area contributed by atoms with E-state index in [4.69, 9.17) is 11.6 Å². The van der Waals surface area contributed by atoms with Gasteiger partial charge in [0.25, 0.3) is 0 Å². The van der Waals surface area contributed by atoms with Crippen LogP contribution in [-0.2, 0) is 19.5 Å². The SMILES string of the molecule is O=C(NCc1ccnc(F)c1)n1c2c(c3cc(OC(F)(F)F)ccc31)CN(CC=Cc1ccc(F)c(Cl)c1)CC2. The number of alkyl halides is 3. The van der Waals surface area contributed by atoms with Gasteiger partial charge >= 0.3 is 12.4 Å². The number of pyridine rings is 1. The van der Waals surface area contributed by atoms with Gasteiger partial charge < -0.3 is 10.1 Å². The summed E-state index contributed by atoms with van der Waals surface area (Å²) in [6, 6.07) is 10.5. The lowest BCUT2D eigenvalue weighted by Gasteiger charge is -2.27. The van der Waals surface area contributed by atoms with Gasteiger partial charge in [-0.2, -0.15) is 4.39 Å². The fraction of sp³-hybridized carbons (Fsp3) is 0.214. The number of aromatic nitrogens is 2. The number of nitrogens with one attached hydrogen (secondary N) is 1. The molecule has 1 aliphatic rings. The molecule has 0 bridgehead atoms. The number of halogens is 6. The van der Waals surface area contributed by atoms with Gasteiger partial charge in [-0.3, -0.25) is 9.47 Å². The van der Waals surface area contributed by atoms with Crippen molar-refractivity contribution < 1.29 is 31.5 Å². The van der Waals surface area contributed by atoms with Crippen LogP contribution in [0.25, 0.3) is 17.0 Å². The van der Waals surface area contributed by atoms with Crippen molar-refractivity contribution >= 4 is 34.6 Å². The van der Waals surface area contributed by atoms with Gasteiger partial charge in [0.1, 0.15) is 11.6 Å². The highest BCUT2D eigenvalue weighted by Crippen LogP contribution is 2.35. The number of fused-ring (bicyclic) bond motifs is 3. The highest BCUT2D eigenvalue weighted by atomic mass is 35.5. The van der Waals surface area contributed by atoms with Gasteiger partial charge in [0.2, 0.25) is 5.95 Å². The van der Waals surface area contributed by atoms with E-state index in [0.29, 0.717) is 53.8 Å². The number of rotatable bonds is 6. The standard InChI is InChI=1S/C28H22ClF5N4O2/c29-22-12-17(3-5-23(22)30)2-1-10-37-11-8-25-21(16-37)20-14-19(40-28(32,33)34)4-6-24(20)38(25)27(39)36-15-18-7-9-35-26(31)13-18/h1-7,9,12-14H,8,10-11,15-16H2,(H,36,39). The topological polar surface area (TPSA) is 59.4 Å². The molecule has 12 heteroatoms. The molecule has 208 valence electrons. The number of amides is 1. The minimum atomic E-state index is -4.87. The van der Waals surface area contributed by atoms with Crippen molar-refractivity contribution in [3.8, 4) is 5.75 Å². The van der Waals surface area contributed by atoms with Crippen molar-refractivity contribution in [3.05, 3.63) is 100.0 Å². The van der Waals surface area contributed by atoms with Crippen LogP contribution in [0.2, 0.25) is 5.02 Å². The maximum absolute atomic E-state index is 13.5. The summed E-state index contributed by atoms with van der Waals surface area (Å²) in [5.41, 5.74) is 3.03.